The Morgan fingerprint density at radius 1 is 0.837 bits per heavy atom. The number of aliphatic hydroxyl groups is 5. The van der Waals surface area contributed by atoms with Crippen LogP contribution in [0.2, 0.25) is 0 Å². The number of aliphatic hydroxyl groups excluding tert-OH is 4. The molecule has 0 bridgehead atoms. The molecule has 238 valence electrons. The maximum atomic E-state index is 12.6. The molecule has 43 heavy (non-hydrogen) atoms. The maximum absolute atomic E-state index is 12.6. The van der Waals surface area contributed by atoms with E-state index in [-0.39, 0.29) is 11.3 Å². The van der Waals surface area contributed by atoms with E-state index < -0.39 is 74.5 Å². The molecule has 2 aromatic carbocycles. The van der Waals surface area contributed by atoms with Crippen molar-refractivity contribution < 1.29 is 73.0 Å². The van der Waals surface area contributed by atoms with E-state index in [2.05, 4.69) is 0 Å². The number of esters is 1. The summed E-state index contributed by atoms with van der Waals surface area (Å²) in [5.41, 5.74) is -1.89. The highest BCUT2D eigenvalue weighted by Gasteiger charge is 2.51. The summed E-state index contributed by atoms with van der Waals surface area (Å²) in [7, 11) is 5.76. The van der Waals surface area contributed by atoms with Gasteiger partial charge in [-0.15, -0.1) is 0 Å². The zero-order valence-corrected chi connectivity index (χ0v) is 23.9. The van der Waals surface area contributed by atoms with Gasteiger partial charge in [-0.2, -0.15) is 0 Å². The minimum Gasteiger partial charge on any atom is -0.493 e. The lowest BCUT2D eigenvalue weighted by atomic mass is 9.99. The summed E-state index contributed by atoms with van der Waals surface area (Å²) >= 11 is 0. The second-order valence-electron chi connectivity index (χ2n) is 9.86. The molecule has 2 saturated heterocycles. The molecule has 0 aromatic heterocycles. The number of carbonyl (C=O) groups is 1. The molecule has 15 heteroatoms. The lowest BCUT2D eigenvalue weighted by Gasteiger charge is -2.40. The molecule has 0 unspecified atom stereocenters. The summed E-state index contributed by atoms with van der Waals surface area (Å²) in [5, 5.41) is 52.9. The fourth-order valence-corrected chi connectivity index (χ4v) is 4.52. The Balaban J connectivity index is 1.33. The summed E-state index contributed by atoms with van der Waals surface area (Å²) in [4.78, 5) is 12.6. The van der Waals surface area contributed by atoms with Crippen LogP contribution in [0.4, 0.5) is 0 Å². The van der Waals surface area contributed by atoms with Crippen LogP contribution in [-0.2, 0) is 18.9 Å². The Bertz CT molecular complexity index is 1240. The largest absolute Gasteiger partial charge is 0.493 e. The first-order valence-electron chi connectivity index (χ1n) is 13.2. The molecule has 4 rings (SSSR count). The molecule has 2 heterocycles. The average Bonchev–Trinajstić information content (AvgIpc) is 3.31. The van der Waals surface area contributed by atoms with Crippen molar-refractivity contribution in [1.82, 2.24) is 0 Å². The Morgan fingerprint density at radius 2 is 1.47 bits per heavy atom. The Hall–Kier alpha value is -3.41. The molecule has 2 aromatic rings. The Morgan fingerprint density at radius 3 is 2.12 bits per heavy atom. The number of ether oxygens (including phenoxy) is 9. The van der Waals surface area contributed by atoms with E-state index >= 15 is 0 Å². The van der Waals surface area contributed by atoms with Crippen molar-refractivity contribution in [2.45, 2.75) is 48.7 Å². The number of hydrogen-bond donors (Lipinski definition) is 5. The molecule has 0 spiro atoms. The van der Waals surface area contributed by atoms with Crippen LogP contribution < -0.4 is 23.7 Å². The second kappa shape index (κ2) is 13.9. The van der Waals surface area contributed by atoms with E-state index in [1.807, 2.05) is 0 Å². The molecule has 0 aliphatic carbocycles. The van der Waals surface area contributed by atoms with Gasteiger partial charge in [0.25, 0.3) is 0 Å². The lowest BCUT2D eigenvalue weighted by Crippen LogP contribution is -2.60. The number of rotatable bonds is 12. The van der Waals surface area contributed by atoms with Crippen LogP contribution in [0.5, 0.6) is 28.7 Å². The zero-order valence-electron chi connectivity index (χ0n) is 23.9. The molecule has 2 aliphatic heterocycles. The van der Waals surface area contributed by atoms with Crippen molar-refractivity contribution in [1.29, 1.82) is 0 Å². The minimum atomic E-state index is -2.02. The van der Waals surface area contributed by atoms with Crippen molar-refractivity contribution >= 4 is 5.97 Å². The molecule has 0 radical (unpaired) electrons. The quantitative estimate of drug-likeness (QED) is 0.187. The monoisotopic (exact) mass is 612 g/mol. The molecular weight excluding hydrogens is 576 g/mol. The highest BCUT2D eigenvalue weighted by Crippen LogP contribution is 2.34. The first-order chi connectivity index (χ1) is 20.5. The van der Waals surface area contributed by atoms with Gasteiger partial charge in [-0.25, -0.2) is 4.79 Å². The number of hydrogen-bond acceptors (Lipinski definition) is 15. The third-order valence-corrected chi connectivity index (χ3v) is 7.08. The predicted octanol–water partition coefficient (Wildman–Crippen LogP) is -0.771. The molecule has 2 aliphatic rings. The molecule has 15 nitrogen and oxygen atoms in total. The third kappa shape index (κ3) is 7.05. The number of methoxy groups -OCH3 is 4. The van der Waals surface area contributed by atoms with E-state index in [4.69, 9.17) is 42.6 Å². The van der Waals surface area contributed by atoms with Gasteiger partial charge in [-0.1, -0.05) is 0 Å². The van der Waals surface area contributed by atoms with Gasteiger partial charge in [0.15, 0.2) is 34.9 Å². The van der Waals surface area contributed by atoms with Crippen LogP contribution in [0.1, 0.15) is 10.4 Å². The smallest absolute Gasteiger partial charge is 0.338 e. The summed E-state index contributed by atoms with van der Waals surface area (Å²) in [6.45, 7) is -1.52. The average molecular weight is 613 g/mol. The Labute approximate surface area is 246 Å². The van der Waals surface area contributed by atoms with Crippen LogP contribution in [0.3, 0.4) is 0 Å². The second-order valence-corrected chi connectivity index (χ2v) is 9.86. The predicted molar refractivity (Wildman–Crippen MR) is 143 cm³/mol. The van der Waals surface area contributed by atoms with E-state index in [0.717, 1.165) is 0 Å². The van der Waals surface area contributed by atoms with Gasteiger partial charge < -0.3 is 68.2 Å². The van der Waals surface area contributed by atoms with Gasteiger partial charge in [0, 0.05) is 6.07 Å². The Kier molecular flexibility index (Phi) is 10.5. The van der Waals surface area contributed by atoms with Crippen molar-refractivity contribution in [3.63, 3.8) is 0 Å². The van der Waals surface area contributed by atoms with Crippen molar-refractivity contribution in [2.75, 3.05) is 48.3 Å². The van der Waals surface area contributed by atoms with Crippen molar-refractivity contribution in [3.8, 4) is 28.7 Å². The standard InChI is InChI=1S/C28H36O15/c1-35-16-7-5-14(9-18(16)37-3)25(33)40-12-28(34)13-41-27(24(28)32)39-11-20-21(29)22(30)23(31)26(43-20)42-15-6-8-17(36-2)19(10-15)38-4/h5-10,20-24,26-27,29-32,34H,11-13H2,1-4H3/t20-,21-,22+,23+,24-,26-,27+,28+/m0/s1. The van der Waals surface area contributed by atoms with Crippen LogP contribution in [0, 0.1) is 0 Å². The molecule has 8 atom stereocenters. The van der Waals surface area contributed by atoms with Gasteiger partial charge in [0.05, 0.1) is 47.2 Å². The normalized spacial score (nSPS) is 30.4. The highest BCUT2D eigenvalue weighted by atomic mass is 16.7. The van der Waals surface area contributed by atoms with E-state index in [9.17, 15) is 30.3 Å². The molecule has 0 saturated carbocycles. The topological polar surface area (TPSA) is 201 Å². The van der Waals surface area contributed by atoms with Crippen molar-refractivity contribution in [3.05, 3.63) is 42.0 Å². The first-order valence-corrected chi connectivity index (χ1v) is 13.2. The summed E-state index contributed by atoms with van der Waals surface area (Å²) in [5.74, 6) is 0.914. The first kappa shape index (κ1) is 32.5. The maximum Gasteiger partial charge on any atom is 0.338 e. The molecule has 0 amide bonds. The number of carbonyl (C=O) groups excluding carboxylic acids is 1. The third-order valence-electron chi connectivity index (χ3n) is 7.08. The van der Waals surface area contributed by atoms with Crippen LogP contribution in [0.25, 0.3) is 0 Å². The zero-order chi connectivity index (χ0) is 31.3. The fourth-order valence-electron chi connectivity index (χ4n) is 4.52. The lowest BCUT2D eigenvalue weighted by molar-refractivity contribution is -0.289. The van der Waals surface area contributed by atoms with Crippen LogP contribution in [0.15, 0.2) is 36.4 Å². The molecule has 5 N–H and O–H groups in total. The van der Waals surface area contributed by atoms with Gasteiger partial charge in [0.2, 0.25) is 6.29 Å². The highest BCUT2D eigenvalue weighted by molar-refractivity contribution is 5.90. The molecule has 2 fully saturated rings. The molecular formula is C28H36O15. The van der Waals surface area contributed by atoms with Crippen molar-refractivity contribution in [2.24, 2.45) is 0 Å². The minimum absolute atomic E-state index is 0.122. The summed E-state index contributed by atoms with van der Waals surface area (Å²) in [6, 6.07) is 8.95. The van der Waals surface area contributed by atoms with E-state index in [1.165, 1.54) is 58.8 Å². The van der Waals surface area contributed by atoms with Gasteiger partial charge in [-0.05, 0) is 30.3 Å². The van der Waals surface area contributed by atoms with Gasteiger partial charge in [0.1, 0.15) is 42.9 Å². The van der Waals surface area contributed by atoms with Gasteiger partial charge >= 0.3 is 5.97 Å². The number of benzene rings is 2. The van der Waals surface area contributed by atoms with E-state index in [0.29, 0.717) is 23.0 Å². The fraction of sp³-hybridized carbons (Fsp3) is 0.536. The SMILES string of the molecule is COc1ccc(O[C@H]2O[C@@H](CO[C@@H]3OC[C@](O)(COC(=O)c4ccc(OC)c(OC)c4)[C@H]3O)[C@H](O)[C@@H](O)[C@H]2O)cc1OC. The summed E-state index contributed by atoms with van der Waals surface area (Å²) < 4.78 is 48.2. The summed E-state index contributed by atoms with van der Waals surface area (Å²) in [6.07, 6.45) is -10.6. The van der Waals surface area contributed by atoms with E-state index in [1.54, 1.807) is 6.07 Å². The van der Waals surface area contributed by atoms with Gasteiger partial charge in [-0.3, -0.25) is 0 Å². The van der Waals surface area contributed by atoms with Crippen LogP contribution >= 0.6 is 0 Å². The van der Waals surface area contributed by atoms with Crippen LogP contribution in [-0.4, -0.2) is 128 Å².